The summed E-state index contributed by atoms with van der Waals surface area (Å²) in [6.07, 6.45) is 1.60. The van der Waals surface area contributed by atoms with E-state index in [2.05, 4.69) is 5.10 Å². The third-order valence-corrected chi connectivity index (χ3v) is 1.39. The predicted octanol–water partition coefficient (Wildman–Crippen LogP) is 1.28. The summed E-state index contributed by atoms with van der Waals surface area (Å²) in [5.41, 5.74) is 0.337. The van der Waals surface area contributed by atoms with Gasteiger partial charge >= 0.3 is 0 Å². The van der Waals surface area contributed by atoms with E-state index in [4.69, 9.17) is 11.6 Å². The molecule has 0 aromatic carbocycles. The van der Waals surface area contributed by atoms with Crippen molar-refractivity contribution in [3.63, 3.8) is 0 Å². The Kier molecular flexibility index (Phi) is 1.76. The van der Waals surface area contributed by atoms with Crippen LogP contribution in [0.5, 0.6) is 0 Å². The fraction of sp³-hybridized carbons (Fsp3) is 0.333. The summed E-state index contributed by atoms with van der Waals surface area (Å²) in [6.45, 7) is 1.44. The monoisotopic (exact) mass is 158 g/mol. The highest BCUT2D eigenvalue weighted by molar-refractivity contribution is 6.33. The molecule has 0 saturated carbocycles. The quantitative estimate of drug-likeness (QED) is 0.577. The second-order valence-corrected chi connectivity index (χ2v) is 2.46. The molecule has 0 radical (unpaired) electrons. The van der Waals surface area contributed by atoms with Gasteiger partial charge in [-0.3, -0.25) is 9.48 Å². The Morgan fingerprint density at radius 3 is 2.60 bits per heavy atom. The molecular weight excluding hydrogens is 152 g/mol. The molecule has 0 saturated heterocycles. The van der Waals surface area contributed by atoms with E-state index in [1.54, 1.807) is 13.2 Å². The van der Waals surface area contributed by atoms with Crippen molar-refractivity contribution in [1.82, 2.24) is 9.78 Å². The van der Waals surface area contributed by atoms with Gasteiger partial charge in [0.15, 0.2) is 5.78 Å². The summed E-state index contributed by atoms with van der Waals surface area (Å²) in [4.78, 5) is 10.7. The minimum absolute atomic E-state index is 0.106. The maximum Gasteiger partial charge on any atom is 0.181 e. The molecule has 0 atom stereocenters. The van der Waals surface area contributed by atoms with Crippen LogP contribution in [0.1, 0.15) is 17.4 Å². The number of aromatic nitrogens is 2. The van der Waals surface area contributed by atoms with Crippen molar-refractivity contribution >= 4 is 17.4 Å². The molecule has 1 aromatic rings. The Hall–Kier alpha value is -0.830. The van der Waals surface area contributed by atoms with Gasteiger partial charge in [-0.15, -0.1) is 0 Å². The van der Waals surface area contributed by atoms with E-state index in [1.807, 2.05) is 0 Å². The topological polar surface area (TPSA) is 34.9 Å². The average molecular weight is 159 g/mol. The molecule has 4 heteroatoms. The Labute approximate surface area is 63.6 Å². The van der Waals surface area contributed by atoms with Crippen LogP contribution < -0.4 is 0 Å². The highest BCUT2D eigenvalue weighted by Crippen LogP contribution is 2.12. The first-order chi connectivity index (χ1) is 4.61. The van der Waals surface area contributed by atoms with Gasteiger partial charge in [0, 0.05) is 20.2 Å². The van der Waals surface area contributed by atoms with Crippen molar-refractivity contribution in [2.24, 2.45) is 7.05 Å². The molecule has 0 bridgehead atoms. The van der Waals surface area contributed by atoms with Crippen LogP contribution in [0.3, 0.4) is 0 Å². The van der Waals surface area contributed by atoms with E-state index < -0.39 is 0 Å². The number of halogens is 1. The van der Waals surface area contributed by atoms with Gasteiger partial charge in [-0.1, -0.05) is 11.6 Å². The summed E-state index contributed by atoms with van der Waals surface area (Å²) >= 11 is 5.64. The largest absolute Gasteiger partial charge is 0.293 e. The van der Waals surface area contributed by atoms with E-state index in [0.29, 0.717) is 10.7 Å². The fourth-order valence-electron chi connectivity index (χ4n) is 0.698. The molecule has 3 nitrogen and oxygen atoms in total. The number of hydrogen-bond acceptors (Lipinski definition) is 2. The number of ketones is 1. The lowest BCUT2D eigenvalue weighted by molar-refractivity contribution is 0.101. The molecule has 0 spiro atoms. The van der Waals surface area contributed by atoms with E-state index in [1.165, 1.54) is 11.6 Å². The van der Waals surface area contributed by atoms with Crippen LogP contribution in [0.2, 0.25) is 5.02 Å². The second-order valence-electron chi connectivity index (χ2n) is 2.06. The first-order valence-corrected chi connectivity index (χ1v) is 3.19. The van der Waals surface area contributed by atoms with Gasteiger partial charge in [-0.25, -0.2) is 0 Å². The molecule has 0 unspecified atom stereocenters. The smallest absolute Gasteiger partial charge is 0.181 e. The van der Waals surface area contributed by atoms with E-state index in [9.17, 15) is 4.79 Å². The molecule has 0 aliphatic heterocycles. The maximum absolute atomic E-state index is 10.7. The van der Waals surface area contributed by atoms with Crippen LogP contribution in [0.25, 0.3) is 0 Å². The highest BCUT2D eigenvalue weighted by Gasteiger charge is 2.08. The molecule has 1 aromatic heterocycles. The third-order valence-electron chi connectivity index (χ3n) is 1.12. The van der Waals surface area contributed by atoms with Crippen LogP contribution >= 0.6 is 11.6 Å². The van der Waals surface area contributed by atoms with Crippen LogP contribution in [-0.4, -0.2) is 15.6 Å². The molecule has 0 aliphatic carbocycles. The SMILES string of the molecule is CC(=O)c1nn(C)cc1Cl. The van der Waals surface area contributed by atoms with Gasteiger partial charge in [-0.2, -0.15) is 5.10 Å². The Morgan fingerprint density at radius 2 is 2.40 bits per heavy atom. The van der Waals surface area contributed by atoms with Gasteiger partial charge in [0.25, 0.3) is 0 Å². The number of Topliss-reactive ketones (excluding diaryl/α,β-unsaturated/α-hetero) is 1. The van der Waals surface area contributed by atoms with Gasteiger partial charge < -0.3 is 0 Å². The van der Waals surface area contributed by atoms with Gasteiger partial charge in [0.05, 0.1) is 5.02 Å². The van der Waals surface area contributed by atoms with Crippen molar-refractivity contribution in [2.75, 3.05) is 0 Å². The fourth-order valence-corrected chi connectivity index (χ4v) is 1.01. The zero-order valence-electron chi connectivity index (χ0n) is 5.76. The normalized spacial score (nSPS) is 9.90. The number of rotatable bonds is 1. The van der Waals surface area contributed by atoms with Crippen LogP contribution in [0, 0.1) is 0 Å². The molecule has 0 N–H and O–H groups in total. The van der Waals surface area contributed by atoms with Crippen molar-refractivity contribution in [2.45, 2.75) is 6.92 Å². The van der Waals surface area contributed by atoms with Crippen LogP contribution in [0.4, 0.5) is 0 Å². The minimum atomic E-state index is -0.106. The first-order valence-electron chi connectivity index (χ1n) is 2.81. The van der Waals surface area contributed by atoms with Crippen molar-refractivity contribution in [3.05, 3.63) is 16.9 Å². The lowest BCUT2D eigenvalue weighted by Gasteiger charge is -1.84. The Morgan fingerprint density at radius 1 is 1.80 bits per heavy atom. The zero-order valence-corrected chi connectivity index (χ0v) is 6.51. The van der Waals surface area contributed by atoms with Gasteiger partial charge in [0.1, 0.15) is 5.69 Å². The van der Waals surface area contributed by atoms with Crippen LogP contribution in [-0.2, 0) is 7.05 Å². The van der Waals surface area contributed by atoms with Gasteiger partial charge in [0.2, 0.25) is 0 Å². The maximum atomic E-state index is 10.7. The number of carbonyl (C=O) groups is 1. The molecule has 0 fully saturated rings. The Balaban J connectivity index is 3.15. The summed E-state index contributed by atoms with van der Waals surface area (Å²) in [7, 11) is 1.72. The van der Waals surface area contributed by atoms with Crippen molar-refractivity contribution in [1.29, 1.82) is 0 Å². The minimum Gasteiger partial charge on any atom is -0.293 e. The molecular formula is C6H7ClN2O. The standard InChI is InChI=1S/C6H7ClN2O/c1-4(10)6-5(7)3-9(2)8-6/h3H,1-2H3. The van der Waals surface area contributed by atoms with E-state index >= 15 is 0 Å². The predicted molar refractivity (Wildman–Crippen MR) is 38.2 cm³/mol. The highest BCUT2D eigenvalue weighted by atomic mass is 35.5. The zero-order chi connectivity index (χ0) is 7.72. The molecule has 0 amide bonds. The third kappa shape index (κ3) is 1.19. The second kappa shape index (κ2) is 2.42. The molecule has 10 heavy (non-hydrogen) atoms. The lowest BCUT2D eigenvalue weighted by atomic mass is 10.3. The Bertz CT molecular complexity index is 267. The van der Waals surface area contributed by atoms with Crippen molar-refractivity contribution in [3.8, 4) is 0 Å². The first kappa shape index (κ1) is 7.28. The lowest BCUT2D eigenvalue weighted by Crippen LogP contribution is -1.95. The van der Waals surface area contributed by atoms with Crippen LogP contribution in [0.15, 0.2) is 6.20 Å². The number of aryl methyl sites for hydroxylation is 1. The van der Waals surface area contributed by atoms with Gasteiger partial charge in [-0.05, 0) is 0 Å². The summed E-state index contributed by atoms with van der Waals surface area (Å²) in [6, 6.07) is 0. The molecule has 1 rings (SSSR count). The summed E-state index contributed by atoms with van der Waals surface area (Å²) in [5.74, 6) is -0.106. The number of hydrogen-bond donors (Lipinski definition) is 0. The van der Waals surface area contributed by atoms with E-state index in [0.717, 1.165) is 0 Å². The molecule has 1 heterocycles. The summed E-state index contributed by atoms with van der Waals surface area (Å²) < 4.78 is 1.51. The molecule has 0 aliphatic rings. The van der Waals surface area contributed by atoms with E-state index in [-0.39, 0.29) is 5.78 Å². The van der Waals surface area contributed by atoms with Crippen molar-refractivity contribution < 1.29 is 4.79 Å². The number of nitrogens with zero attached hydrogens (tertiary/aromatic N) is 2. The average Bonchev–Trinajstić information content (AvgIpc) is 2.10. The number of carbonyl (C=O) groups excluding carboxylic acids is 1. The summed E-state index contributed by atoms with van der Waals surface area (Å²) in [5, 5.41) is 4.26. The molecule has 54 valence electrons.